The second-order valence-electron chi connectivity index (χ2n) is 25.0. The molecule has 0 unspecified atom stereocenters. The van der Waals surface area contributed by atoms with Gasteiger partial charge < -0.3 is 9.13 Å². The third-order valence-corrected chi connectivity index (χ3v) is 19.2. The van der Waals surface area contributed by atoms with Crippen LogP contribution < -0.4 is 0 Å². The van der Waals surface area contributed by atoms with Crippen molar-refractivity contribution in [1.82, 2.24) is 24.1 Å². The highest BCUT2D eigenvalue weighted by molar-refractivity contribution is 6.14. The van der Waals surface area contributed by atoms with Crippen molar-refractivity contribution in [3.63, 3.8) is 0 Å². The minimum atomic E-state index is 0.557. The maximum atomic E-state index is 5.47. The third kappa shape index (κ3) is 10.4. The Morgan fingerprint density at radius 2 is 0.357 bits per heavy atom. The van der Waals surface area contributed by atoms with E-state index in [1.807, 2.05) is 36.4 Å². The van der Waals surface area contributed by atoms with Crippen molar-refractivity contribution in [2.45, 2.75) is 0 Å². The Morgan fingerprint density at radius 1 is 0.153 bits per heavy atom. The van der Waals surface area contributed by atoms with Gasteiger partial charge in [0.05, 0.1) is 22.1 Å². The first kappa shape index (κ1) is 57.6. The highest BCUT2D eigenvalue weighted by atomic mass is 15.0. The number of fused-ring (bicyclic) bond motifs is 6. The van der Waals surface area contributed by atoms with Gasteiger partial charge in [-0.05, 0) is 156 Å². The van der Waals surface area contributed by atoms with E-state index in [1.54, 1.807) is 0 Å². The molecule has 0 amide bonds. The quantitative estimate of drug-likeness (QED) is 0.116. The molecule has 5 heteroatoms. The van der Waals surface area contributed by atoms with E-state index in [4.69, 9.17) is 15.0 Å². The largest absolute Gasteiger partial charge is 0.309 e. The van der Waals surface area contributed by atoms with Gasteiger partial charge in [0.1, 0.15) is 0 Å². The SMILES string of the molecule is c1ccc(-c2nc(-c3ccccc3)nc(-c3cc(-n4c5ccc(-c6ccccc6-c6ccccc6)cc5c5cc(-c6ccccc6-c6ccccc6)ccc54)cc(-n4c5ccc(-c6ccccc6-c6ccccc6)cc5c5cc(-c6ccccc6-c6ccccc6)ccc54)c3)n2)cc1. The zero-order chi connectivity index (χ0) is 64.9. The number of benzene rings is 15. The molecule has 5 nitrogen and oxygen atoms in total. The van der Waals surface area contributed by atoms with Gasteiger partial charge >= 0.3 is 0 Å². The van der Waals surface area contributed by atoms with Crippen LogP contribution >= 0.6 is 0 Å². The Bertz CT molecular complexity index is 5380. The van der Waals surface area contributed by atoms with E-state index in [1.165, 1.54) is 66.8 Å². The molecule has 0 aliphatic carbocycles. The van der Waals surface area contributed by atoms with Crippen molar-refractivity contribution in [2.24, 2.45) is 0 Å². The maximum Gasteiger partial charge on any atom is 0.164 e. The molecule has 0 radical (unpaired) electrons. The number of nitrogens with zero attached hydrogens (tertiary/aromatic N) is 5. The molecule has 3 aromatic heterocycles. The van der Waals surface area contributed by atoms with E-state index in [0.717, 1.165) is 93.9 Å². The lowest BCUT2D eigenvalue weighted by Crippen LogP contribution is -2.03. The monoisotopic (exact) mass is 1250 g/mol. The highest BCUT2D eigenvalue weighted by Crippen LogP contribution is 2.45. The van der Waals surface area contributed by atoms with E-state index in [0.29, 0.717) is 17.5 Å². The van der Waals surface area contributed by atoms with E-state index in [2.05, 4.69) is 343 Å². The number of hydrogen-bond donors (Lipinski definition) is 0. The summed E-state index contributed by atoms with van der Waals surface area (Å²) in [5.74, 6) is 1.74. The zero-order valence-corrected chi connectivity index (χ0v) is 53.5. The Hall–Kier alpha value is -13.1. The lowest BCUT2D eigenvalue weighted by Gasteiger charge is -2.17. The van der Waals surface area contributed by atoms with Crippen LogP contribution in [0.1, 0.15) is 0 Å². The summed E-state index contributed by atoms with van der Waals surface area (Å²) in [5.41, 5.74) is 27.4. The van der Waals surface area contributed by atoms with E-state index < -0.39 is 0 Å². The van der Waals surface area contributed by atoms with Gasteiger partial charge in [-0.2, -0.15) is 0 Å². The van der Waals surface area contributed by atoms with E-state index >= 15 is 0 Å². The average Bonchev–Trinajstić information content (AvgIpc) is 1.55. The standard InChI is InChI=1S/C93H61N5/c1-7-27-62(28-8-1)75-39-19-23-43-79(75)68-47-51-87-83(57-68)84-58-69(80-44-24-20-40-76(80)63-29-9-2-10-30-63)48-52-88(84)97(87)73-55-72(93-95-91(66-35-15-5-16-36-66)94-92(96-93)67-37-17-6-18-38-67)56-74(61-73)98-89-53-49-70(81-45-25-21-41-77(81)64-31-11-3-12-32-64)59-85(89)86-60-71(50-54-90(86)98)82-46-26-22-42-78(82)65-33-13-4-14-34-65/h1-61H. The highest BCUT2D eigenvalue weighted by Gasteiger charge is 2.24. The normalized spacial score (nSPS) is 11.5. The molecule has 0 fully saturated rings. The molecule has 18 rings (SSSR count). The lowest BCUT2D eigenvalue weighted by atomic mass is 9.92. The molecular weight excluding hydrogens is 1190 g/mol. The first-order chi connectivity index (χ1) is 48.6. The van der Waals surface area contributed by atoms with Crippen molar-refractivity contribution >= 4 is 43.6 Å². The molecule has 0 bridgehead atoms. The van der Waals surface area contributed by atoms with Crippen molar-refractivity contribution in [1.29, 1.82) is 0 Å². The number of hydrogen-bond acceptors (Lipinski definition) is 3. The van der Waals surface area contributed by atoms with Gasteiger partial charge in [-0.15, -0.1) is 0 Å². The van der Waals surface area contributed by atoms with Gasteiger partial charge in [0, 0.05) is 49.6 Å². The Labute approximate surface area is 568 Å². The van der Waals surface area contributed by atoms with Crippen LogP contribution in [0, 0.1) is 0 Å². The molecule has 0 atom stereocenters. The molecule has 0 aliphatic heterocycles. The summed E-state index contributed by atoms with van der Waals surface area (Å²) in [6, 6.07) is 134. The second kappa shape index (κ2) is 24.7. The molecule has 0 N–H and O–H groups in total. The lowest BCUT2D eigenvalue weighted by molar-refractivity contribution is 1.07. The van der Waals surface area contributed by atoms with Crippen LogP contribution in [-0.2, 0) is 0 Å². The third-order valence-electron chi connectivity index (χ3n) is 19.2. The number of rotatable bonds is 13. The molecule has 18 aromatic rings. The Kier molecular flexibility index (Phi) is 14.5. The topological polar surface area (TPSA) is 48.5 Å². The summed E-state index contributed by atoms with van der Waals surface area (Å²) in [7, 11) is 0. The molecule has 0 aliphatic rings. The summed E-state index contributed by atoms with van der Waals surface area (Å²) in [6.45, 7) is 0. The Balaban J connectivity index is 0.924. The first-order valence-electron chi connectivity index (χ1n) is 33.4. The molecule has 0 saturated heterocycles. The van der Waals surface area contributed by atoms with Gasteiger partial charge in [0.15, 0.2) is 17.5 Å². The molecule has 15 aromatic carbocycles. The fraction of sp³-hybridized carbons (Fsp3) is 0. The molecule has 3 heterocycles. The second-order valence-corrected chi connectivity index (χ2v) is 25.0. The van der Waals surface area contributed by atoms with E-state index in [-0.39, 0.29) is 0 Å². The average molecular weight is 1250 g/mol. The maximum absolute atomic E-state index is 5.47. The summed E-state index contributed by atoms with van der Waals surface area (Å²) in [4.78, 5) is 16.1. The van der Waals surface area contributed by atoms with E-state index in [9.17, 15) is 0 Å². The Morgan fingerprint density at radius 3 is 0.602 bits per heavy atom. The van der Waals surface area contributed by atoms with Crippen molar-refractivity contribution in [2.75, 3.05) is 0 Å². The van der Waals surface area contributed by atoms with Gasteiger partial charge in [-0.25, -0.2) is 15.0 Å². The first-order valence-corrected chi connectivity index (χ1v) is 33.4. The van der Waals surface area contributed by atoms with Gasteiger partial charge in [-0.3, -0.25) is 0 Å². The fourth-order valence-corrected chi connectivity index (χ4v) is 14.6. The van der Waals surface area contributed by atoms with Crippen LogP contribution in [-0.4, -0.2) is 24.1 Å². The van der Waals surface area contributed by atoms with Crippen molar-refractivity contribution in [3.05, 3.63) is 370 Å². The van der Waals surface area contributed by atoms with Gasteiger partial charge in [0.2, 0.25) is 0 Å². The van der Waals surface area contributed by atoms with Crippen LogP contribution in [0.5, 0.6) is 0 Å². The minimum Gasteiger partial charge on any atom is -0.309 e. The van der Waals surface area contributed by atoms with Crippen LogP contribution in [0.2, 0.25) is 0 Å². The zero-order valence-electron chi connectivity index (χ0n) is 53.5. The minimum absolute atomic E-state index is 0.557. The molecule has 0 spiro atoms. The van der Waals surface area contributed by atoms with Crippen LogP contribution in [0.15, 0.2) is 370 Å². The van der Waals surface area contributed by atoms with Crippen LogP contribution in [0.3, 0.4) is 0 Å². The molecule has 98 heavy (non-hydrogen) atoms. The van der Waals surface area contributed by atoms with Gasteiger partial charge in [0.25, 0.3) is 0 Å². The van der Waals surface area contributed by atoms with Crippen LogP contribution in [0.4, 0.5) is 0 Å². The number of aromatic nitrogens is 5. The molecule has 458 valence electrons. The predicted molar refractivity (Wildman–Crippen MR) is 408 cm³/mol. The summed E-state index contributed by atoms with van der Waals surface area (Å²) in [6.07, 6.45) is 0. The predicted octanol–water partition coefficient (Wildman–Crippen LogP) is 24.4. The molecular formula is C93H61N5. The fourth-order valence-electron chi connectivity index (χ4n) is 14.6. The van der Waals surface area contributed by atoms with Crippen LogP contribution in [0.25, 0.3) is 178 Å². The molecule has 0 saturated carbocycles. The summed E-state index contributed by atoms with van der Waals surface area (Å²) < 4.78 is 4.92. The van der Waals surface area contributed by atoms with Crippen molar-refractivity contribution < 1.29 is 0 Å². The summed E-state index contributed by atoms with van der Waals surface area (Å²) >= 11 is 0. The smallest absolute Gasteiger partial charge is 0.164 e. The van der Waals surface area contributed by atoms with Crippen molar-refractivity contribution in [3.8, 4) is 135 Å². The summed E-state index contributed by atoms with van der Waals surface area (Å²) in [5, 5.41) is 4.53. The van der Waals surface area contributed by atoms with Gasteiger partial charge in [-0.1, -0.05) is 303 Å².